The molecule has 0 fully saturated rings. The van der Waals surface area contributed by atoms with Crippen LogP contribution in [0.3, 0.4) is 0 Å². The summed E-state index contributed by atoms with van der Waals surface area (Å²) >= 11 is 0. The number of benzene rings is 1. The number of carbonyl (C=O) groups is 1. The summed E-state index contributed by atoms with van der Waals surface area (Å²) in [4.78, 5) is 12.1. The van der Waals surface area contributed by atoms with Crippen LogP contribution >= 0.6 is 0 Å². The largest absolute Gasteiger partial charge is 0.341 e. The fourth-order valence-corrected chi connectivity index (χ4v) is 2.08. The normalized spacial score (nSPS) is 12.9. The van der Waals surface area contributed by atoms with E-state index >= 15 is 0 Å². The highest BCUT2D eigenvalue weighted by Gasteiger charge is 2.18. The first-order chi connectivity index (χ1) is 8.04. The Bertz CT molecular complexity index is 569. The second kappa shape index (κ2) is 4.34. The van der Waals surface area contributed by atoms with Gasteiger partial charge in [0.05, 0.1) is 11.7 Å². The summed E-state index contributed by atoms with van der Waals surface area (Å²) in [6.07, 6.45) is 0.666. The zero-order chi connectivity index (χ0) is 12.6. The van der Waals surface area contributed by atoms with E-state index in [1.807, 2.05) is 37.6 Å². The summed E-state index contributed by atoms with van der Waals surface area (Å²) in [6.45, 7) is 3.97. The van der Waals surface area contributed by atoms with Crippen LogP contribution in [0.2, 0.25) is 0 Å². The van der Waals surface area contributed by atoms with Gasteiger partial charge in [-0.25, -0.2) is 0 Å². The number of hydrogen-bond acceptors (Lipinski definition) is 2. The fourth-order valence-electron chi connectivity index (χ4n) is 2.08. The lowest BCUT2D eigenvalue weighted by atomic mass is 10.1. The van der Waals surface area contributed by atoms with Crippen LogP contribution in [0.1, 0.15) is 29.4 Å². The van der Waals surface area contributed by atoms with Gasteiger partial charge in [-0.1, -0.05) is 18.6 Å². The van der Waals surface area contributed by atoms with Gasteiger partial charge in [0.25, 0.3) is 0 Å². The van der Waals surface area contributed by atoms with Crippen LogP contribution in [-0.4, -0.2) is 16.4 Å². The maximum absolute atomic E-state index is 12.1. The summed E-state index contributed by atoms with van der Waals surface area (Å²) in [7, 11) is 1.91. The van der Waals surface area contributed by atoms with E-state index in [0.29, 0.717) is 12.1 Å². The minimum absolute atomic E-state index is 0.0175. The standard InChI is InChI=1S/C14H18N2O/c1-4-11(15)14(17)13-8-10-7-9(2)5-6-12(10)16(13)3/h5-8,11H,4,15H2,1-3H3. The molecular formula is C14H18N2O. The van der Waals surface area contributed by atoms with Gasteiger partial charge in [0.2, 0.25) is 0 Å². The zero-order valence-electron chi connectivity index (χ0n) is 10.5. The lowest BCUT2D eigenvalue weighted by molar-refractivity contribution is 0.0952. The number of hydrogen-bond donors (Lipinski definition) is 1. The highest BCUT2D eigenvalue weighted by Crippen LogP contribution is 2.21. The SMILES string of the molecule is CCC(N)C(=O)c1cc2cc(C)ccc2n1C. The molecule has 1 aromatic carbocycles. The average Bonchev–Trinajstić information content (AvgIpc) is 2.64. The molecule has 0 bridgehead atoms. The molecule has 2 aromatic rings. The summed E-state index contributed by atoms with van der Waals surface area (Å²) in [5, 5.41) is 1.10. The molecule has 2 rings (SSSR count). The van der Waals surface area contributed by atoms with Crippen molar-refractivity contribution in [3.8, 4) is 0 Å². The third kappa shape index (κ3) is 1.98. The Balaban J connectivity index is 2.56. The minimum Gasteiger partial charge on any atom is -0.341 e. The Labute approximate surface area is 101 Å². The van der Waals surface area contributed by atoms with E-state index in [9.17, 15) is 4.79 Å². The van der Waals surface area contributed by atoms with Crippen LogP contribution in [0.15, 0.2) is 24.3 Å². The minimum atomic E-state index is -0.404. The number of carbonyl (C=O) groups excluding carboxylic acids is 1. The topological polar surface area (TPSA) is 48.0 Å². The van der Waals surface area contributed by atoms with Crippen LogP contribution in [0, 0.1) is 6.92 Å². The Morgan fingerprint density at radius 2 is 2.12 bits per heavy atom. The molecule has 0 saturated carbocycles. The average molecular weight is 230 g/mol. The first kappa shape index (κ1) is 11.9. The number of aromatic nitrogens is 1. The van der Waals surface area contributed by atoms with Crippen molar-refractivity contribution in [1.29, 1.82) is 0 Å². The molecule has 1 aromatic heterocycles. The first-order valence-corrected chi connectivity index (χ1v) is 5.90. The quantitative estimate of drug-likeness (QED) is 0.823. The molecule has 1 unspecified atom stereocenters. The van der Waals surface area contributed by atoms with Crippen LogP contribution in [-0.2, 0) is 7.05 Å². The molecule has 0 radical (unpaired) electrons. The van der Waals surface area contributed by atoms with Gasteiger partial charge in [0.15, 0.2) is 5.78 Å². The Morgan fingerprint density at radius 3 is 2.76 bits per heavy atom. The molecule has 3 nitrogen and oxygen atoms in total. The molecule has 1 heterocycles. The van der Waals surface area contributed by atoms with Crippen molar-refractivity contribution >= 4 is 16.7 Å². The molecule has 0 spiro atoms. The third-order valence-corrected chi connectivity index (χ3v) is 3.23. The second-order valence-electron chi connectivity index (χ2n) is 4.53. The third-order valence-electron chi connectivity index (χ3n) is 3.23. The smallest absolute Gasteiger partial charge is 0.195 e. The van der Waals surface area contributed by atoms with Crippen LogP contribution in [0.5, 0.6) is 0 Å². The van der Waals surface area contributed by atoms with Crippen molar-refractivity contribution in [1.82, 2.24) is 4.57 Å². The first-order valence-electron chi connectivity index (χ1n) is 5.90. The summed E-state index contributed by atoms with van der Waals surface area (Å²) in [6, 6.07) is 7.71. The molecule has 0 aliphatic rings. The van der Waals surface area contributed by atoms with Crippen molar-refractivity contribution in [2.45, 2.75) is 26.3 Å². The van der Waals surface area contributed by atoms with Gasteiger partial charge < -0.3 is 10.3 Å². The Morgan fingerprint density at radius 1 is 1.41 bits per heavy atom. The van der Waals surface area contributed by atoms with Crippen molar-refractivity contribution in [2.24, 2.45) is 12.8 Å². The molecule has 17 heavy (non-hydrogen) atoms. The maximum Gasteiger partial charge on any atom is 0.195 e. The van der Waals surface area contributed by atoms with E-state index < -0.39 is 6.04 Å². The summed E-state index contributed by atoms with van der Waals surface area (Å²) < 4.78 is 1.92. The highest BCUT2D eigenvalue weighted by atomic mass is 16.1. The number of aryl methyl sites for hydroxylation is 2. The molecule has 0 saturated heterocycles. The number of fused-ring (bicyclic) bond motifs is 1. The number of nitrogens with zero attached hydrogens (tertiary/aromatic N) is 1. The molecule has 0 aliphatic heterocycles. The van der Waals surface area contributed by atoms with Crippen LogP contribution < -0.4 is 5.73 Å². The molecule has 3 heteroatoms. The molecule has 90 valence electrons. The van der Waals surface area contributed by atoms with Crippen molar-refractivity contribution in [3.63, 3.8) is 0 Å². The van der Waals surface area contributed by atoms with E-state index in [2.05, 4.69) is 12.1 Å². The van der Waals surface area contributed by atoms with E-state index in [4.69, 9.17) is 5.73 Å². The molecular weight excluding hydrogens is 212 g/mol. The number of ketones is 1. The summed E-state index contributed by atoms with van der Waals surface area (Å²) in [5.74, 6) is 0.0175. The van der Waals surface area contributed by atoms with Gasteiger partial charge >= 0.3 is 0 Å². The summed E-state index contributed by atoms with van der Waals surface area (Å²) in [5.41, 5.74) is 8.77. The lowest BCUT2D eigenvalue weighted by Gasteiger charge is -2.08. The number of nitrogens with two attached hydrogens (primary N) is 1. The van der Waals surface area contributed by atoms with Gasteiger partial charge in [-0.2, -0.15) is 0 Å². The van der Waals surface area contributed by atoms with E-state index in [0.717, 1.165) is 10.9 Å². The number of Topliss-reactive ketones (excluding diaryl/α,β-unsaturated/α-hetero) is 1. The molecule has 0 amide bonds. The monoisotopic (exact) mass is 230 g/mol. The van der Waals surface area contributed by atoms with E-state index in [1.165, 1.54) is 5.56 Å². The van der Waals surface area contributed by atoms with Crippen molar-refractivity contribution < 1.29 is 4.79 Å². The van der Waals surface area contributed by atoms with E-state index in [1.54, 1.807) is 0 Å². The zero-order valence-corrected chi connectivity index (χ0v) is 10.5. The maximum atomic E-state index is 12.1. The molecule has 0 aliphatic carbocycles. The highest BCUT2D eigenvalue weighted by molar-refractivity contribution is 6.03. The van der Waals surface area contributed by atoms with E-state index in [-0.39, 0.29) is 5.78 Å². The van der Waals surface area contributed by atoms with Crippen LogP contribution in [0.25, 0.3) is 10.9 Å². The van der Waals surface area contributed by atoms with Crippen molar-refractivity contribution in [2.75, 3.05) is 0 Å². The molecule has 1 atom stereocenters. The fraction of sp³-hybridized carbons (Fsp3) is 0.357. The van der Waals surface area contributed by atoms with Crippen molar-refractivity contribution in [3.05, 3.63) is 35.5 Å². The lowest BCUT2D eigenvalue weighted by Crippen LogP contribution is -2.30. The van der Waals surface area contributed by atoms with Gasteiger partial charge in [-0.3, -0.25) is 4.79 Å². The van der Waals surface area contributed by atoms with Gasteiger partial charge in [0, 0.05) is 18.0 Å². The van der Waals surface area contributed by atoms with Gasteiger partial charge in [-0.15, -0.1) is 0 Å². The predicted molar refractivity (Wildman–Crippen MR) is 70.3 cm³/mol. The Kier molecular flexibility index (Phi) is 3.03. The predicted octanol–water partition coefficient (Wildman–Crippen LogP) is 2.41. The van der Waals surface area contributed by atoms with Crippen LogP contribution in [0.4, 0.5) is 0 Å². The number of rotatable bonds is 3. The van der Waals surface area contributed by atoms with Gasteiger partial charge in [-0.05, 0) is 31.5 Å². The molecule has 2 N–H and O–H groups in total. The Hall–Kier alpha value is -1.61. The van der Waals surface area contributed by atoms with Gasteiger partial charge in [0.1, 0.15) is 0 Å². The second-order valence-corrected chi connectivity index (χ2v) is 4.53.